The van der Waals surface area contributed by atoms with Crippen molar-refractivity contribution in [1.82, 2.24) is 0 Å². The average molecular weight is 386 g/mol. The highest BCUT2D eigenvalue weighted by atomic mass is 14.8. The second-order valence-electron chi connectivity index (χ2n) is 8.29. The second-order valence-corrected chi connectivity index (χ2v) is 8.29. The van der Waals surface area contributed by atoms with Crippen LogP contribution in [0.1, 0.15) is 33.4 Å². The number of hydrogen-bond donors (Lipinski definition) is 2. The van der Waals surface area contributed by atoms with Crippen LogP contribution in [0.5, 0.6) is 0 Å². The van der Waals surface area contributed by atoms with Gasteiger partial charge in [0.15, 0.2) is 0 Å². The molecule has 2 nitrogen and oxygen atoms in total. The summed E-state index contributed by atoms with van der Waals surface area (Å²) >= 11 is 0. The summed E-state index contributed by atoms with van der Waals surface area (Å²) in [6, 6.07) is 29.3. The Morgan fingerprint density at radius 3 is 1.27 bits per heavy atom. The molecule has 2 aliphatic rings. The quantitative estimate of drug-likeness (QED) is 0.491. The van der Waals surface area contributed by atoms with E-state index in [1.165, 1.54) is 21.9 Å². The molecule has 2 unspecified atom stereocenters. The van der Waals surface area contributed by atoms with E-state index in [1.54, 1.807) is 0 Å². The molecule has 2 aliphatic carbocycles. The van der Waals surface area contributed by atoms with Gasteiger partial charge in [-0.05, 0) is 44.2 Å². The van der Waals surface area contributed by atoms with Gasteiger partial charge in [-0.25, -0.2) is 0 Å². The fourth-order valence-electron chi connectivity index (χ4n) is 5.07. The lowest BCUT2D eigenvalue weighted by Crippen LogP contribution is -2.39. The van der Waals surface area contributed by atoms with Crippen molar-refractivity contribution in [1.29, 1.82) is 0 Å². The van der Waals surface area contributed by atoms with E-state index in [2.05, 4.69) is 72.8 Å². The lowest BCUT2D eigenvalue weighted by Gasteiger charge is -2.37. The Balaban J connectivity index is 1.68. The Morgan fingerprint density at radius 1 is 0.467 bits per heavy atom. The average Bonchev–Trinajstić information content (AvgIpc) is 2.81. The molecule has 0 heterocycles. The normalized spacial score (nSPS) is 23.7. The van der Waals surface area contributed by atoms with Crippen LogP contribution >= 0.6 is 0 Å². The Bertz CT molecular complexity index is 1250. The molecule has 4 aromatic rings. The highest BCUT2D eigenvalue weighted by Crippen LogP contribution is 2.46. The SMILES string of the molecule is NC1(c2ccccc2)C=Cc2ccc3c4c(ccc1c24)C=CC3(N)c1ccccc1. The van der Waals surface area contributed by atoms with Crippen LogP contribution < -0.4 is 11.5 Å². The molecular formula is C28H22N2. The molecule has 4 N–H and O–H groups in total. The number of benzene rings is 4. The minimum Gasteiger partial charge on any atom is -0.314 e. The molecule has 0 spiro atoms. The van der Waals surface area contributed by atoms with E-state index in [9.17, 15) is 0 Å². The molecular weight excluding hydrogens is 364 g/mol. The van der Waals surface area contributed by atoms with Crippen LogP contribution in [-0.4, -0.2) is 0 Å². The first-order valence-electron chi connectivity index (χ1n) is 10.3. The summed E-state index contributed by atoms with van der Waals surface area (Å²) in [7, 11) is 0. The van der Waals surface area contributed by atoms with Crippen molar-refractivity contribution in [2.75, 3.05) is 0 Å². The van der Waals surface area contributed by atoms with Gasteiger partial charge in [0.25, 0.3) is 0 Å². The molecule has 0 saturated carbocycles. The fourth-order valence-corrected chi connectivity index (χ4v) is 5.07. The third-order valence-electron chi connectivity index (χ3n) is 6.67. The van der Waals surface area contributed by atoms with E-state index in [-0.39, 0.29) is 0 Å². The summed E-state index contributed by atoms with van der Waals surface area (Å²) in [5.74, 6) is 0. The fraction of sp³-hybridized carbons (Fsp3) is 0.0714. The van der Waals surface area contributed by atoms with E-state index >= 15 is 0 Å². The van der Waals surface area contributed by atoms with Gasteiger partial charge in [-0.15, -0.1) is 0 Å². The van der Waals surface area contributed by atoms with Gasteiger partial charge in [0.2, 0.25) is 0 Å². The van der Waals surface area contributed by atoms with Crippen LogP contribution in [0.25, 0.3) is 22.9 Å². The van der Waals surface area contributed by atoms with Crippen LogP contribution in [0.2, 0.25) is 0 Å². The van der Waals surface area contributed by atoms with E-state index in [0.717, 1.165) is 22.3 Å². The van der Waals surface area contributed by atoms with Crippen LogP contribution in [-0.2, 0) is 11.1 Å². The van der Waals surface area contributed by atoms with Crippen LogP contribution in [0.3, 0.4) is 0 Å². The zero-order valence-corrected chi connectivity index (χ0v) is 16.5. The van der Waals surface area contributed by atoms with E-state index < -0.39 is 11.1 Å². The predicted molar refractivity (Wildman–Crippen MR) is 125 cm³/mol. The van der Waals surface area contributed by atoms with Gasteiger partial charge < -0.3 is 11.5 Å². The lowest BCUT2D eigenvalue weighted by atomic mass is 9.71. The van der Waals surface area contributed by atoms with Gasteiger partial charge in [0, 0.05) is 0 Å². The second kappa shape index (κ2) is 6.02. The number of nitrogens with two attached hydrogens (primary N) is 2. The first-order valence-corrected chi connectivity index (χ1v) is 10.3. The zero-order chi connectivity index (χ0) is 20.3. The smallest absolute Gasteiger partial charge is 0.0862 e. The van der Waals surface area contributed by atoms with Crippen LogP contribution in [0, 0.1) is 0 Å². The maximum Gasteiger partial charge on any atom is 0.0862 e. The van der Waals surface area contributed by atoms with E-state index in [1.807, 2.05) is 36.4 Å². The Labute approximate surface area is 176 Å². The molecule has 2 atom stereocenters. The van der Waals surface area contributed by atoms with Crippen molar-refractivity contribution in [3.63, 3.8) is 0 Å². The molecule has 0 aromatic heterocycles. The largest absolute Gasteiger partial charge is 0.314 e. The van der Waals surface area contributed by atoms with Gasteiger partial charge in [0.05, 0.1) is 11.1 Å². The van der Waals surface area contributed by atoms with Crippen molar-refractivity contribution in [2.45, 2.75) is 11.1 Å². The first kappa shape index (κ1) is 17.4. The Kier molecular flexibility index (Phi) is 3.49. The maximum atomic E-state index is 7.05. The summed E-state index contributed by atoms with van der Waals surface area (Å²) in [4.78, 5) is 0. The van der Waals surface area contributed by atoms with Crippen molar-refractivity contribution in [3.05, 3.63) is 130 Å². The first-order chi connectivity index (χ1) is 14.6. The van der Waals surface area contributed by atoms with Crippen molar-refractivity contribution in [2.24, 2.45) is 11.5 Å². The van der Waals surface area contributed by atoms with E-state index in [0.29, 0.717) is 0 Å². The predicted octanol–water partition coefficient (Wildman–Crippen LogP) is 5.30. The van der Waals surface area contributed by atoms with Gasteiger partial charge >= 0.3 is 0 Å². The molecule has 0 radical (unpaired) electrons. The van der Waals surface area contributed by atoms with E-state index in [4.69, 9.17) is 11.5 Å². The summed E-state index contributed by atoms with van der Waals surface area (Å²) in [6.45, 7) is 0. The van der Waals surface area contributed by atoms with Gasteiger partial charge in [-0.1, -0.05) is 109 Å². The van der Waals surface area contributed by atoms with Crippen LogP contribution in [0.4, 0.5) is 0 Å². The molecule has 0 fully saturated rings. The Hall–Kier alpha value is -3.46. The molecule has 2 heteroatoms. The highest BCUT2D eigenvalue weighted by molar-refractivity contribution is 6.05. The summed E-state index contributed by atoms with van der Waals surface area (Å²) in [6.07, 6.45) is 8.55. The van der Waals surface area contributed by atoms with Gasteiger partial charge in [-0.2, -0.15) is 0 Å². The molecule has 144 valence electrons. The molecule has 4 aromatic carbocycles. The van der Waals surface area contributed by atoms with Gasteiger partial charge in [0.1, 0.15) is 0 Å². The molecule has 0 aliphatic heterocycles. The topological polar surface area (TPSA) is 52.0 Å². The molecule has 0 saturated heterocycles. The molecule has 0 bridgehead atoms. The summed E-state index contributed by atoms with van der Waals surface area (Å²) < 4.78 is 0. The minimum atomic E-state index is -0.670. The van der Waals surface area contributed by atoms with Crippen molar-refractivity contribution >= 4 is 22.9 Å². The highest BCUT2D eigenvalue weighted by Gasteiger charge is 2.37. The number of hydrogen-bond acceptors (Lipinski definition) is 2. The van der Waals surface area contributed by atoms with Crippen LogP contribution in [0.15, 0.2) is 97.1 Å². The Morgan fingerprint density at radius 2 is 0.867 bits per heavy atom. The van der Waals surface area contributed by atoms with Gasteiger partial charge in [-0.3, -0.25) is 0 Å². The third-order valence-corrected chi connectivity index (χ3v) is 6.67. The summed E-state index contributed by atoms with van der Waals surface area (Å²) in [5.41, 5.74) is 19.6. The standard InChI is InChI=1S/C28H22N2/c29-27(21-7-3-1-4-8-21)17-15-19-12-14-24-26-20(11-13-23(27)25(19)26)16-18-28(24,30)22-9-5-2-6-10-22/h1-18H,29-30H2. The molecule has 30 heavy (non-hydrogen) atoms. The molecule has 0 amide bonds. The third kappa shape index (κ3) is 2.20. The zero-order valence-electron chi connectivity index (χ0n) is 16.5. The lowest BCUT2D eigenvalue weighted by molar-refractivity contribution is 0.680. The molecule has 6 rings (SSSR count). The van der Waals surface area contributed by atoms with Crippen molar-refractivity contribution in [3.8, 4) is 0 Å². The monoisotopic (exact) mass is 386 g/mol. The summed E-state index contributed by atoms with van der Waals surface area (Å²) in [5, 5.41) is 2.41. The maximum absolute atomic E-state index is 7.05. The number of rotatable bonds is 2. The van der Waals surface area contributed by atoms with Crippen molar-refractivity contribution < 1.29 is 0 Å². The minimum absolute atomic E-state index is 0.670.